The Labute approximate surface area is 88.2 Å². The van der Waals surface area contributed by atoms with Crippen LogP contribution in [0.4, 0.5) is 5.69 Å². The molecule has 15 heavy (non-hydrogen) atoms. The van der Waals surface area contributed by atoms with Crippen molar-refractivity contribution in [3.63, 3.8) is 0 Å². The number of phenolic OH excluding ortho intramolecular Hbond substituents is 1. The van der Waals surface area contributed by atoms with Crippen molar-refractivity contribution in [2.75, 3.05) is 5.73 Å². The summed E-state index contributed by atoms with van der Waals surface area (Å²) in [6.45, 7) is 1.90. The highest BCUT2D eigenvalue weighted by Gasteiger charge is 2.08. The second kappa shape index (κ2) is 3.61. The number of nitrogen functional groups attached to an aromatic ring is 1. The van der Waals surface area contributed by atoms with Crippen LogP contribution in [0.15, 0.2) is 36.4 Å². The van der Waals surface area contributed by atoms with Crippen molar-refractivity contribution in [1.29, 1.82) is 0 Å². The molecule has 0 aliphatic rings. The third-order valence-electron chi connectivity index (χ3n) is 2.22. The summed E-state index contributed by atoms with van der Waals surface area (Å²) in [7, 11) is 0. The van der Waals surface area contributed by atoms with Crippen LogP contribution in [0.5, 0.6) is 5.75 Å². The summed E-state index contributed by atoms with van der Waals surface area (Å²) in [5, 5.41) is 9.72. The van der Waals surface area contributed by atoms with Crippen LogP contribution in [0.3, 0.4) is 0 Å². The van der Waals surface area contributed by atoms with Crippen molar-refractivity contribution in [3.8, 4) is 17.0 Å². The van der Waals surface area contributed by atoms with E-state index in [1.165, 1.54) is 0 Å². The van der Waals surface area contributed by atoms with Crippen molar-refractivity contribution < 1.29 is 5.11 Å². The number of nitrogens with two attached hydrogens (primary N) is 1. The maximum atomic E-state index is 9.72. The summed E-state index contributed by atoms with van der Waals surface area (Å²) < 4.78 is 0. The molecule has 0 radical (unpaired) electrons. The molecular weight excluding hydrogens is 188 g/mol. The fraction of sp³-hybridized carbons (Fsp3) is 0.0833. The Balaban J connectivity index is 2.63. The van der Waals surface area contributed by atoms with E-state index in [9.17, 15) is 5.11 Å². The fourth-order valence-electron chi connectivity index (χ4n) is 1.52. The second-order valence-electron chi connectivity index (χ2n) is 3.41. The van der Waals surface area contributed by atoms with Crippen LogP contribution in [0.1, 0.15) is 5.69 Å². The number of aromatic hydroxyl groups is 1. The molecule has 3 heteroatoms. The van der Waals surface area contributed by atoms with Gasteiger partial charge in [0.25, 0.3) is 0 Å². The highest BCUT2D eigenvalue weighted by atomic mass is 16.3. The van der Waals surface area contributed by atoms with Gasteiger partial charge in [-0.2, -0.15) is 0 Å². The minimum atomic E-state index is 0.160. The summed E-state index contributed by atoms with van der Waals surface area (Å²) >= 11 is 0. The van der Waals surface area contributed by atoms with Crippen molar-refractivity contribution in [1.82, 2.24) is 4.98 Å². The lowest BCUT2D eigenvalue weighted by Gasteiger charge is -2.07. The van der Waals surface area contributed by atoms with E-state index in [0.29, 0.717) is 16.9 Å². The Kier molecular flexibility index (Phi) is 2.29. The smallest absolute Gasteiger partial charge is 0.127 e. The predicted molar refractivity (Wildman–Crippen MR) is 60.5 cm³/mol. The number of anilines is 1. The summed E-state index contributed by atoms with van der Waals surface area (Å²) in [6.07, 6.45) is 0. The van der Waals surface area contributed by atoms with Gasteiger partial charge in [0.2, 0.25) is 0 Å². The Hall–Kier alpha value is -2.03. The van der Waals surface area contributed by atoms with E-state index in [0.717, 1.165) is 5.69 Å². The third-order valence-corrected chi connectivity index (χ3v) is 2.22. The molecule has 1 aromatic carbocycles. The van der Waals surface area contributed by atoms with E-state index in [1.807, 2.05) is 25.1 Å². The Morgan fingerprint density at radius 3 is 2.53 bits per heavy atom. The molecule has 0 atom stereocenters. The predicted octanol–water partition coefficient (Wildman–Crippen LogP) is 2.34. The van der Waals surface area contributed by atoms with Crippen LogP contribution in [0, 0.1) is 6.92 Å². The standard InChI is InChI=1S/C12H12N2O/c1-8-4-2-6-10(14-8)12-9(13)5-3-7-11(12)15/h2-7,15H,13H2,1H3. The van der Waals surface area contributed by atoms with E-state index in [1.54, 1.807) is 18.2 Å². The lowest BCUT2D eigenvalue weighted by molar-refractivity contribution is 0.477. The number of hydrogen-bond donors (Lipinski definition) is 2. The SMILES string of the molecule is Cc1cccc(-c2c(N)cccc2O)n1. The number of phenols is 1. The molecule has 0 aliphatic heterocycles. The fourth-order valence-corrected chi connectivity index (χ4v) is 1.52. The number of pyridine rings is 1. The lowest BCUT2D eigenvalue weighted by Crippen LogP contribution is -1.93. The molecule has 0 amide bonds. The molecule has 2 rings (SSSR count). The van der Waals surface area contributed by atoms with Crippen LogP contribution in [-0.2, 0) is 0 Å². The van der Waals surface area contributed by atoms with Crippen molar-refractivity contribution >= 4 is 5.69 Å². The lowest BCUT2D eigenvalue weighted by atomic mass is 10.1. The molecule has 0 bridgehead atoms. The van der Waals surface area contributed by atoms with Crippen molar-refractivity contribution in [2.24, 2.45) is 0 Å². The first-order chi connectivity index (χ1) is 7.18. The molecule has 76 valence electrons. The van der Waals surface area contributed by atoms with E-state index in [2.05, 4.69) is 4.98 Å². The Morgan fingerprint density at radius 1 is 1.13 bits per heavy atom. The van der Waals surface area contributed by atoms with Crippen molar-refractivity contribution in [2.45, 2.75) is 6.92 Å². The van der Waals surface area contributed by atoms with Gasteiger partial charge < -0.3 is 10.8 Å². The molecule has 1 heterocycles. The molecule has 3 nitrogen and oxygen atoms in total. The highest BCUT2D eigenvalue weighted by Crippen LogP contribution is 2.32. The topological polar surface area (TPSA) is 59.1 Å². The van der Waals surface area contributed by atoms with Gasteiger partial charge in [0, 0.05) is 11.4 Å². The number of aryl methyl sites for hydroxylation is 1. The molecule has 0 spiro atoms. The molecule has 3 N–H and O–H groups in total. The summed E-state index contributed by atoms with van der Waals surface area (Å²) in [4.78, 5) is 4.33. The monoisotopic (exact) mass is 200 g/mol. The number of nitrogens with zero attached hydrogens (tertiary/aromatic N) is 1. The van der Waals surface area contributed by atoms with Crippen LogP contribution in [-0.4, -0.2) is 10.1 Å². The Morgan fingerprint density at radius 2 is 1.87 bits per heavy atom. The molecule has 0 saturated carbocycles. The summed E-state index contributed by atoms with van der Waals surface area (Å²) in [6, 6.07) is 10.7. The van der Waals surface area contributed by atoms with Gasteiger partial charge in [0.05, 0.1) is 11.3 Å². The normalized spacial score (nSPS) is 10.2. The van der Waals surface area contributed by atoms with Crippen LogP contribution in [0.2, 0.25) is 0 Å². The summed E-state index contributed by atoms with van der Waals surface area (Å²) in [5.74, 6) is 0.160. The number of aromatic nitrogens is 1. The van der Waals surface area contributed by atoms with Crippen LogP contribution in [0.25, 0.3) is 11.3 Å². The van der Waals surface area contributed by atoms with Gasteiger partial charge >= 0.3 is 0 Å². The van der Waals surface area contributed by atoms with Gasteiger partial charge in [-0.05, 0) is 31.2 Å². The first-order valence-electron chi connectivity index (χ1n) is 4.70. The largest absolute Gasteiger partial charge is 0.507 e. The third kappa shape index (κ3) is 1.76. The Bertz CT molecular complexity index is 474. The van der Waals surface area contributed by atoms with Gasteiger partial charge in [-0.1, -0.05) is 12.1 Å². The quantitative estimate of drug-likeness (QED) is 0.694. The van der Waals surface area contributed by atoms with E-state index in [4.69, 9.17) is 5.73 Å². The molecule has 1 aromatic heterocycles. The minimum absolute atomic E-state index is 0.160. The van der Waals surface area contributed by atoms with Gasteiger partial charge in [0.1, 0.15) is 5.75 Å². The molecule has 0 saturated heterocycles. The van der Waals surface area contributed by atoms with E-state index < -0.39 is 0 Å². The first-order valence-corrected chi connectivity index (χ1v) is 4.70. The zero-order valence-electron chi connectivity index (χ0n) is 8.44. The average Bonchev–Trinajstić information content (AvgIpc) is 2.17. The zero-order valence-corrected chi connectivity index (χ0v) is 8.44. The molecule has 2 aromatic rings. The second-order valence-corrected chi connectivity index (χ2v) is 3.41. The molecule has 0 unspecified atom stereocenters. The van der Waals surface area contributed by atoms with Crippen LogP contribution < -0.4 is 5.73 Å². The average molecular weight is 200 g/mol. The van der Waals surface area contributed by atoms with Crippen LogP contribution >= 0.6 is 0 Å². The maximum Gasteiger partial charge on any atom is 0.127 e. The summed E-state index contributed by atoms with van der Waals surface area (Å²) in [5.41, 5.74) is 8.54. The minimum Gasteiger partial charge on any atom is -0.507 e. The van der Waals surface area contributed by atoms with Gasteiger partial charge in [-0.15, -0.1) is 0 Å². The van der Waals surface area contributed by atoms with E-state index >= 15 is 0 Å². The van der Waals surface area contributed by atoms with Gasteiger partial charge in [0.15, 0.2) is 0 Å². The first kappa shape index (κ1) is 9.52. The maximum absolute atomic E-state index is 9.72. The van der Waals surface area contributed by atoms with Gasteiger partial charge in [-0.25, -0.2) is 0 Å². The van der Waals surface area contributed by atoms with Gasteiger partial charge in [-0.3, -0.25) is 4.98 Å². The number of rotatable bonds is 1. The highest BCUT2D eigenvalue weighted by molar-refractivity contribution is 5.79. The zero-order chi connectivity index (χ0) is 10.8. The van der Waals surface area contributed by atoms with Crippen molar-refractivity contribution in [3.05, 3.63) is 42.1 Å². The molecule has 0 aliphatic carbocycles. The molecule has 0 fully saturated rings. The van der Waals surface area contributed by atoms with E-state index in [-0.39, 0.29) is 5.75 Å². The number of hydrogen-bond acceptors (Lipinski definition) is 3. The molecular formula is C12H12N2O. The number of benzene rings is 1.